The van der Waals surface area contributed by atoms with Gasteiger partial charge in [0, 0.05) is 6.54 Å². The monoisotopic (exact) mass is 231 g/mol. The van der Waals surface area contributed by atoms with Crippen LogP contribution in [0, 0.1) is 0 Å². The summed E-state index contributed by atoms with van der Waals surface area (Å²) in [6.45, 7) is 2.10. The lowest BCUT2D eigenvalue weighted by Gasteiger charge is -2.24. The molecule has 0 aromatic heterocycles. The van der Waals surface area contributed by atoms with Gasteiger partial charge in [0.1, 0.15) is 5.75 Å². The largest absolute Gasteiger partial charge is 0.490 e. The second kappa shape index (κ2) is 5.09. The predicted molar refractivity (Wildman–Crippen MR) is 69.4 cm³/mol. The maximum atomic E-state index is 6.09. The van der Waals surface area contributed by atoms with Gasteiger partial charge in [-0.1, -0.05) is 12.5 Å². The van der Waals surface area contributed by atoms with Crippen molar-refractivity contribution in [2.24, 2.45) is 0 Å². The Morgan fingerprint density at radius 1 is 1.06 bits per heavy atom. The highest BCUT2D eigenvalue weighted by Crippen LogP contribution is 2.26. The second-order valence-electron chi connectivity index (χ2n) is 5.24. The Balaban J connectivity index is 1.70. The normalized spacial score (nSPS) is 20.9. The van der Waals surface area contributed by atoms with Crippen LogP contribution in [0.3, 0.4) is 0 Å². The van der Waals surface area contributed by atoms with E-state index in [0.717, 1.165) is 25.3 Å². The number of rotatable bonds is 2. The smallest absolute Gasteiger partial charge is 0.120 e. The summed E-state index contributed by atoms with van der Waals surface area (Å²) in [7, 11) is 0. The number of hydrogen-bond donors (Lipinski definition) is 1. The van der Waals surface area contributed by atoms with Crippen LogP contribution in [0.4, 0.5) is 0 Å². The van der Waals surface area contributed by atoms with Crippen LogP contribution < -0.4 is 10.1 Å². The van der Waals surface area contributed by atoms with Crippen molar-refractivity contribution in [1.29, 1.82) is 0 Å². The molecule has 1 fully saturated rings. The van der Waals surface area contributed by atoms with Crippen molar-refractivity contribution >= 4 is 0 Å². The molecule has 17 heavy (non-hydrogen) atoms. The molecule has 2 aliphatic rings. The summed E-state index contributed by atoms with van der Waals surface area (Å²) < 4.78 is 6.09. The van der Waals surface area contributed by atoms with Crippen molar-refractivity contribution < 1.29 is 4.74 Å². The molecule has 1 aliphatic carbocycles. The van der Waals surface area contributed by atoms with E-state index in [0.29, 0.717) is 6.10 Å². The number of ether oxygens (including phenoxy) is 1. The van der Waals surface area contributed by atoms with E-state index in [1.165, 1.54) is 43.2 Å². The highest BCUT2D eigenvalue weighted by Gasteiger charge is 2.16. The van der Waals surface area contributed by atoms with Gasteiger partial charge in [-0.3, -0.25) is 0 Å². The van der Waals surface area contributed by atoms with Crippen molar-refractivity contribution in [2.75, 3.05) is 6.54 Å². The first kappa shape index (κ1) is 11.1. The maximum Gasteiger partial charge on any atom is 0.120 e. The highest BCUT2D eigenvalue weighted by molar-refractivity contribution is 5.37. The van der Waals surface area contributed by atoms with E-state index >= 15 is 0 Å². The first-order valence-corrected chi connectivity index (χ1v) is 6.91. The molecule has 1 aromatic carbocycles. The van der Waals surface area contributed by atoms with E-state index in [1.54, 1.807) is 0 Å². The molecule has 1 N–H and O–H groups in total. The molecule has 0 spiro atoms. The standard InChI is InChI=1S/C15H21NO/c1-2-4-14(5-3-1)17-15-7-6-12-8-9-16-11-13(12)10-15/h6-7,10,14,16H,1-5,8-9,11H2. The van der Waals surface area contributed by atoms with Crippen LogP contribution in [-0.4, -0.2) is 12.6 Å². The van der Waals surface area contributed by atoms with Crippen molar-refractivity contribution in [1.82, 2.24) is 5.32 Å². The summed E-state index contributed by atoms with van der Waals surface area (Å²) in [5.74, 6) is 1.07. The zero-order chi connectivity index (χ0) is 11.5. The molecule has 92 valence electrons. The molecule has 3 rings (SSSR count). The van der Waals surface area contributed by atoms with Crippen molar-refractivity contribution in [3.8, 4) is 5.75 Å². The topological polar surface area (TPSA) is 21.3 Å². The fourth-order valence-corrected chi connectivity index (χ4v) is 2.91. The molecule has 0 radical (unpaired) electrons. The Morgan fingerprint density at radius 2 is 1.94 bits per heavy atom. The van der Waals surface area contributed by atoms with Crippen LogP contribution in [0.2, 0.25) is 0 Å². The molecule has 2 nitrogen and oxygen atoms in total. The molecule has 0 atom stereocenters. The van der Waals surface area contributed by atoms with E-state index in [-0.39, 0.29) is 0 Å². The van der Waals surface area contributed by atoms with Gasteiger partial charge in [0.05, 0.1) is 6.10 Å². The summed E-state index contributed by atoms with van der Waals surface area (Å²) in [6.07, 6.45) is 8.12. The summed E-state index contributed by atoms with van der Waals surface area (Å²) >= 11 is 0. The Kier molecular flexibility index (Phi) is 3.32. The van der Waals surface area contributed by atoms with Gasteiger partial charge in [-0.25, -0.2) is 0 Å². The quantitative estimate of drug-likeness (QED) is 0.844. The lowest BCUT2D eigenvalue weighted by molar-refractivity contribution is 0.155. The maximum absolute atomic E-state index is 6.09. The second-order valence-corrected chi connectivity index (χ2v) is 5.24. The van der Waals surface area contributed by atoms with Crippen LogP contribution in [0.25, 0.3) is 0 Å². The van der Waals surface area contributed by atoms with Gasteiger partial charge in [-0.05, 0) is 61.9 Å². The number of hydrogen-bond acceptors (Lipinski definition) is 2. The third-order valence-electron chi connectivity index (χ3n) is 3.92. The van der Waals surface area contributed by atoms with Crippen LogP contribution in [-0.2, 0) is 13.0 Å². The van der Waals surface area contributed by atoms with Crippen molar-refractivity contribution in [3.63, 3.8) is 0 Å². The Labute approximate surface area is 103 Å². The molecular weight excluding hydrogens is 210 g/mol. The van der Waals surface area contributed by atoms with Crippen molar-refractivity contribution in [2.45, 2.75) is 51.2 Å². The van der Waals surface area contributed by atoms with Crippen LogP contribution >= 0.6 is 0 Å². The summed E-state index contributed by atoms with van der Waals surface area (Å²) in [5.41, 5.74) is 2.91. The Bertz CT molecular complexity index is 383. The first-order valence-electron chi connectivity index (χ1n) is 6.91. The highest BCUT2D eigenvalue weighted by atomic mass is 16.5. The molecule has 1 aromatic rings. The molecule has 1 aliphatic heterocycles. The van der Waals surface area contributed by atoms with Gasteiger partial charge in [0.15, 0.2) is 0 Å². The molecule has 0 saturated heterocycles. The van der Waals surface area contributed by atoms with E-state index < -0.39 is 0 Å². The van der Waals surface area contributed by atoms with Crippen LogP contribution in [0.15, 0.2) is 18.2 Å². The van der Waals surface area contributed by atoms with Gasteiger partial charge in [0.25, 0.3) is 0 Å². The van der Waals surface area contributed by atoms with E-state index in [9.17, 15) is 0 Å². The van der Waals surface area contributed by atoms with E-state index in [4.69, 9.17) is 4.74 Å². The number of benzene rings is 1. The summed E-state index contributed by atoms with van der Waals surface area (Å²) in [6, 6.07) is 6.63. The predicted octanol–water partition coefficient (Wildman–Crippen LogP) is 3.04. The van der Waals surface area contributed by atoms with Gasteiger partial charge in [0.2, 0.25) is 0 Å². The van der Waals surface area contributed by atoms with Crippen LogP contribution in [0.1, 0.15) is 43.2 Å². The minimum absolute atomic E-state index is 0.457. The minimum atomic E-state index is 0.457. The minimum Gasteiger partial charge on any atom is -0.490 e. The van der Waals surface area contributed by atoms with Crippen LogP contribution in [0.5, 0.6) is 5.75 Å². The van der Waals surface area contributed by atoms with Gasteiger partial charge in [-0.2, -0.15) is 0 Å². The summed E-state index contributed by atoms with van der Waals surface area (Å²) in [5, 5.41) is 3.42. The number of fused-ring (bicyclic) bond motifs is 1. The zero-order valence-electron chi connectivity index (χ0n) is 10.4. The molecule has 0 unspecified atom stereocenters. The third-order valence-corrected chi connectivity index (χ3v) is 3.92. The number of nitrogens with one attached hydrogen (secondary N) is 1. The first-order chi connectivity index (χ1) is 8.42. The fraction of sp³-hybridized carbons (Fsp3) is 0.600. The van der Waals surface area contributed by atoms with Crippen molar-refractivity contribution in [3.05, 3.63) is 29.3 Å². The summed E-state index contributed by atoms with van der Waals surface area (Å²) in [4.78, 5) is 0. The molecule has 1 heterocycles. The zero-order valence-corrected chi connectivity index (χ0v) is 10.4. The molecule has 0 bridgehead atoms. The average molecular weight is 231 g/mol. The molecule has 0 amide bonds. The molecular formula is C15H21NO. The van der Waals surface area contributed by atoms with Gasteiger partial charge >= 0.3 is 0 Å². The average Bonchev–Trinajstić information content (AvgIpc) is 2.40. The van der Waals surface area contributed by atoms with E-state index in [2.05, 4.69) is 23.5 Å². The lowest BCUT2D eigenvalue weighted by Crippen LogP contribution is -2.24. The Morgan fingerprint density at radius 3 is 2.82 bits per heavy atom. The third kappa shape index (κ3) is 2.63. The Hall–Kier alpha value is -1.02. The fourth-order valence-electron chi connectivity index (χ4n) is 2.91. The van der Waals surface area contributed by atoms with E-state index in [1.807, 2.05) is 0 Å². The lowest BCUT2D eigenvalue weighted by atomic mass is 9.97. The van der Waals surface area contributed by atoms with Gasteiger partial charge in [-0.15, -0.1) is 0 Å². The molecule has 1 saturated carbocycles. The van der Waals surface area contributed by atoms with Gasteiger partial charge < -0.3 is 10.1 Å². The SMILES string of the molecule is c1cc2c(cc1OC1CCCCC1)CNCC2. The molecule has 2 heteroatoms.